The second-order valence-electron chi connectivity index (χ2n) is 8.30. The number of halogens is 1. The first-order valence-corrected chi connectivity index (χ1v) is 12.7. The molecule has 0 N–H and O–H groups in total. The van der Waals surface area contributed by atoms with Gasteiger partial charge in [0.05, 0.1) is 5.41 Å². The summed E-state index contributed by atoms with van der Waals surface area (Å²) >= 11 is 5.63. The van der Waals surface area contributed by atoms with Gasteiger partial charge < -0.3 is 0 Å². The van der Waals surface area contributed by atoms with Gasteiger partial charge in [-0.2, -0.15) is 0 Å². The molecule has 0 saturated carbocycles. The van der Waals surface area contributed by atoms with Crippen LogP contribution in [0.2, 0.25) is 0 Å². The van der Waals surface area contributed by atoms with Gasteiger partial charge in [-0.1, -0.05) is 125 Å². The summed E-state index contributed by atoms with van der Waals surface area (Å²) in [5, 5.41) is 0. The Kier molecular flexibility index (Phi) is 5.21. The highest BCUT2D eigenvalue weighted by Crippen LogP contribution is 2.56. The van der Waals surface area contributed by atoms with Crippen molar-refractivity contribution < 1.29 is 0 Å². The van der Waals surface area contributed by atoms with E-state index in [1.165, 1.54) is 43.2 Å². The van der Waals surface area contributed by atoms with Crippen molar-refractivity contribution in [1.29, 1.82) is 0 Å². The van der Waals surface area contributed by atoms with Gasteiger partial charge >= 0.3 is 0 Å². The molecular formula is C31H21BrS. The highest BCUT2D eigenvalue weighted by Gasteiger charge is 2.44. The quantitative estimate of drug-likeness (QED) is 0.231. The van der Waals surface area contributed by atoms with E-state index in [2.05, 4.69) is 143 Å². The van der Waals surface area contributed by atoms with Crippen LogP contribution in [0, 0.1) is 0 Å². The summed E-state index contributed by atoms with van der Waals surface area (Å²) in [6.07, 6.45) is 0. The van der Waals surface area contributed by atoms with Gasteiger partial charge in [-0.05, 0) is 63.7 Å². The SMILES string of the molecule is Brc1ccc2c(c1)C(c1ccccc1)(c1ccccc1)c1cc(-c3ccccc3)ccc1S2. The monoisotopic (exact) mass is 504 g/mol. The van der Waals surface area contributed by atoms with Crippen LogP contribution in [0.1, 0.15) is 22.3 Å². The molecule has 158 valence electrons. The van der Waals surface area contributed by atoms with Crippen LogP contribution in [0.4, 0.5) is 0 Å². The summed E-state index contributed by atoms with van der Waals surface area (Å²) in [4.78, 5) is 2.60. The molecule has 33 heavy (non-hydrogen) atoms. The molecule has 0 saturated heterocycles. The normalized spacial score (nSPS) is 13.7. The van der Waals surface area contributed by atoms with E-state index in [0.717, 1.165) is 4.47 Å². The van der Waals surface area contributed by atoms with Crippen molar-refractivity contribution in [2.45, 2.75) is 15.2 Å². The van der Waals surface area contributed by atoms with Gasteiger partial charge in [0.25, 0.3) is 0 Å². The predicted octanol–water partition coefficient (Wildman–Crippen LogP) is 8.96. The first-order valence-electron chi connectivity index (χ1n) is 11.1. The molecule has 5 aromatic rings. The molecule has 2 heteroatoms. The van der Waals surface area contributed by atoms with Gasteiger partial charge in [-0.15, -0.1) is 0 Å². The van der Waals surface area contributed by atoms with Crippen molar-refractivity contribution in [3.63, 3.8) is 0 Å². The summed E-state index contributed by atoms with van der Waals surface area (Å²) in [7, 11) is 0. The molecule has 0 fully saturated rings. The van der Waals surface area contributed by atoms with Crippen molar-refractivity contribution >= 4 is 27.7 Å². The summed E-state index contributed by atoms with van der Waals surface area (Å²) in [6, 6.07) is 46.2. The van der Waals surface area contributed by atoms with Crippen molar-refractivity contribution in [2.75, 3.05) is 0 Å². The van der Waals surface area contributed by atoms with E-state index in [9.17, 15) is 0 Å². The van der Waals surface area contributed by atoms with Crippen molar-refractivity contribution in [2.24, 2.45) is 0 Å². The Labute approximate surface area is 207 Å². The third-order valence-electron chi connectivity index (χ3n) is 6.47. The molecule has 5 aromatic carbocycles. The van der Waals surface area contributed by atoms with Crippen LogP contribution in [-0.4, -0.2) is 0 Å². The molecule has 0 amide bonds. The lowest BCUT2D eigenvalue weighted by Gasteiger charge is -2.42. The zero-order valence-corrected chi connectivity index (χ0v) is 20.3. The highest BCUT2D eigenvalue weighted by molar-refractivity contribution is 9.10. The first kappa shape index (κ1) is 20.5. The highest BCUT2D eigenvalue weighted by atomic mass is 79.9. The fourth-order valence-electron chi connectivity index (χ4n) is 5.03. The lowest BCUT2D eigenvalue weighted by molar-refractivity contribution is 0.702. The number of hydrogen-bond donors (Lipinski definition) is 0. The smallest absolute Gasteiger partial charge is 0.0724 e. The zero-order valence-electron chi connectivity index (χ0n) is 17.9. The van der Waals surface area contributed by atoms with Crippen LogP contribution >= 0.6 is 27.7 Å². The molecule has 1 aliphatic rings. The van der Waals surface area contributed by atoms with Crippen LogP contribution in [-0.2, 0) is 5.41 Å². The van der Waals surface area contributed by atoms with Gasteiger partial charge in [0, 0.05) is 14.3 Å². The molecular weight excluding hydrogens is 484 g/mol. The summed E-state index contributed by atoms with van der Waals surface area (Å²) in [5.74, 6) is 0. The zero-order chi connectivity index (χ0) is 22.3. The number of rotatable bonds is 3. The summed E-state index contributed by atoms with van der Waals surface area (Å²) in [5.41, 5.74) is 7.27. The first-order chi connectivity index (χ1) is 16.3. The van der Waals surface area contributed by atoms with E-state index >= 15 is 0 Å². The third kappa shape index (κ3) is 3.37. The van der Waals surface area contributed by atoms with E-state index < -0.39 is 5.41 Å². The van der Waals surface area contributed by atoms with Crippen LogP contribution in [0.25, 0.3) is 11.1 Å². The second kappa shape index (κ2) is 8.37. The molecule has 0 radical (unpaired) electrons. The minimum Gasteiger partial charge on any atom is -0.0894 e. The van der Waals surface area contributed by atoms with Gasteiger partial charge in [0.2, 0.25) is 0 Å². The molecule has 0 unspecified atom stereocenters. The Morgan fingerprint density at radius 1 is 0.485 bits per heavy atom. The standard InChI is InChI=1S/C31H21BrS/c32-26-17-19-30-28(21-26)31(24-12-6-2-7-13-24,25-14-8-3-9-15-25)27-20-23(16-18-29(27)33-30)22-10-4-1-5-11-22/h1-21H. The Hall–Kier alpha value is -3.07. The van der Waals surface area contributed by atoms with E-state index in [1.807, 2.05) is 11.8 Å². The number of benzene rings is 5. The maximum atomic E-state index is 3.77. The van der Waals surface area contributed by atoms with Gasteiger partial charge in [-0.3, -0.25) is 0 Å². The van der Waals surface area contributed by atoms with E-state index in [1.54, 1.807) is 0 Å². The van der Waals surface area contributed by atoms with Crippen molar-refractivity contribution in [3.8, 4) is 11.1 Å². The van der Waals surface area contributed by atoms with E-state index in [4.69, 9.17) is 0 Å². The number of hydrogen-bond acceptors (Lipinski definition) is 1. The fraction of sp³-hybridized carbons (Fsp3) is 0.0323. The van der Waals surface area contributed by atoms with Crippen molar-refractivity contribution in [3.05, 3.63) is 154 Å². The maximum absolute atomic E-state index is 3.77. The number of fused-ring (bicyclic) bond motifs is 2. The summed E-state index contributed by atoms with van der Waals surface area (Å²) < 4.78 is 1.10. The molecule has 0 spiro atoms. The molecule has 0 nitrogen and oxygen atoms in total. The molecule has 0 aromatic heterocycles. The van der Waals surface area contributed by atoms with Crippen LogP contribution in [0.3, 0.4) is 0 Å². The average molecular weight is 505 g/mol. The van der Waals surface area contributed by atoms with Crippen LogP contribution in [0.15, 0.2) is 142 Å². The summed E-state index contributed by atoms with van der Waals surface area (Å²) in [6.45, 7) is 0. The van der Waals surface area contributed by atoms with Gasteiger partial charge in [0.15, 0.2) is 0 Å². The van der Waals surface area contributed by atoms with Crippen molar-refractivity contribution in [1.82, 2.24) is 0 Å². The Bertz CT molecular complexity index is 1390. The maximum Gasteiger partial charge on any atom is 0.0724 e. The predicted molar refractivity (Wildman–Crippen MR) is 142 cm³/mol. The topological polar surface area (TPSA) is 0 Å². The Morgan fingerprint density at radius 3 is 1.61 bits per heavy atom. The lowest BCUT2D eigenvalue weighted by Crippen LogP contribution is -2.34. The Morgan fingerprint density at radius 2 is 1.00 bits per heavy atom. The van der Waals surface area contributed by atoms with Gasteiger partial charge in [-0.25, -0.2) is 0 Å². The molecule has 6 rings (SSSR count). The molecule has 0 bridgehead atoms. The average Bonchev–Trinajstić information content (AvgIpc) is 2.89. The van der Waals surface area contributed by atoms with Crippen LogP contribution in [0.5, 0.6) is 0 Å². The molecule has 1 heterocycles. The second-order valence-corrected chi connectivity index (χ2v) is 10.3. The minimum absolute atomic E-state index is 0.410. The Balaban J connectivity index is 1.75. The molecule has 0 atom stereocenters. The van der Waals surface area contributed by atoms with Crippen LogP contribution < -0.4 is 0 Å². The lowest BCUT2D eigenvalue weighted by atomic mass is 9.64. The third-order valence-corrected chi connectivity index (χ3v) is 8.11. The van der Waals surface area contributed by atoms with Gasteiger partial charge in [0.1, 0.15) is 0 Å². The molecule has 0 aliphatic carbocycles. The fourth-order valence-corrected chi connectivity index (χ4v) is 6.55. The minimum atomic E-state index is -0.410. The largest absolute Gasteiger partial charge is 0.0894 e. The van der Waals surface area contributed by atoms with E-state index in [0.29, 0.717) is 0 Å². The molecule has 1 aliphatic heterocycles. The van der Waals surface area contributed by atoms with E-state index in [-0.39, 0.29) is 0 Å².